The fourth-order valence-electron chi connectivity index (χ4n) is 4.22. The molecule has 2 amide bonds. The van der Waals surface area contributed by atoms with E-state index in [0.717, 1.165) is 16.8 Å². The van der Waals surface area contributed by atoms with Gasteiger partial charge in [-0.2, -0.15) is 0 Å². The van der Waals surface area contributed by atoms with Crippen LogP contribution in [0.15, 0.2) is 60.8 Å². The van der Waals surface area contributed by atoms with Gasteiger partial charge >= 0.3 is 5.97 Å². The normalized spacial score (nSPS) is 11.0. The van der Waals surface area contributed by atoms with Crippen molar-refractivity contribution in [2.24, 2.45) is 0 Å². The van der Waals surface area contributed by atoms with Gasteiger partial charge < -0.3 is 25.0 Å². The van der Waals surface area contributed by atoms with Crippen LogP contribution >= 0.6 is 23.2 Å². The van der Waals surface area contributed by atoms with Crippen molar-refractivity contribution >= 4 is 69.3 Å². The van der Waals surface area contributed by atoms with E-state index in [1.54, 1.807) is 19.2 Å². The number of rotatable bonds is 10. The lowest BCUT2D eigenvalue weighted by Crippen LogP contribution is -2.37. The number of halogens is 2. The van der Waals surface area contributed by atoms with E-state index >= 15 is 0 Å². The number of anilines is 2. The summed E-state index contributed by atoms with van der Waals surface area (Å²) in [6.07, 6.45) is 4.01. The highest BCUT2D eigenvalue weighted by Gasteiger charge is 2.20. The molecule has 0 bridgehead atoms. The van der Waals surface area contributed by atoms with Crippen LogP contribution < -0.4 is 19.9 Å². The van der Waals surface area contributed by atoms with Gasteiger partial charge in [0.2, 0.25) is 11.8 Å². The van der Waals surface area contributed by atoms with Crippen molar-refractivity contribution in [2.45, 2.75) is 13.5 Å². The maximum Gasteiger partial charge on any atom is 0.354 e. The summed E-state index contributed by atoms with van der Waals surface area (Å²) in [7, 11) is 5.48. The second-order valence-corrected chi connectivity index (χ2v) is 10.5. The number of aryl methyl sites for hydroxylation is 1. The number of ether oxygens (including phenoxy) is 1. The lowest BCUT2D eigenvalue weighted by Gasteiger charge is -2.21. The zero-order valence-corrected chi connectivity index (χ0v) is 25.4. The van der Waals surface area contributed by atoms with Gasteiger partial charge in [-0.3, -0.25) is 9.59 Å². The average Bonchev–Trinajstić information content (AvgIpc) is 2.98. The molecule has 222 valence electrons. The summed E-state index contributed by atoms with van der Waals surface area (Å²) in [4.78, 5) is 47.9. The van der Waals surface area contributed by atoms with Crippen LogP contribution in [-0.4, -0.2) is 60.5 Å². The molecule has 0 unspecified atom stereocenters. The van der Waals surface area contributed by atoms with E-state index in [2.05, 4.69) is 15.3 Å². The van der Waals surface area contributed by atoms with E-state index in [9.17, 15) is 14.4 Å². The topological polar surface area (TPSA) is 125 Å². The Balaban J connectivity index is 1.44. The Morgan fingerprint density at radius 2 is 1.81 bits per heavy atom. The third-order valence-electron chi connectivity index (χ3n) is 6.51. The van der Waals surface area contributed by atoms with E-state index in [-0.39, 0.29) is 23.9 Å². The Morgan fingerprint density at radius 3 is 2.49 bits per heavy atom. The molecule has 43 heavy (non-hydrogen) atoms. The summed E-state index contributed by atoms with van der Waals surface area (Å²) < 4.78 is 6.16. The van der Waals surface area contributed by atoms with E-state index in [1.165, 1.54) is 35.4 Å². The van der Waals surface area contributed by atoms with Crippen LogP contribution in [0.2, 0.25) is 10.0 Å². The molecule has 0 saturated heterocycles. The molecule has 12 heteroatoms. The number of amides is 2. The van der Waals surface area contributed by atoms with Gasteiger partial charge in [0.15, 0.2) is 0 Å². The van der Waals surface area contributed by atoms with Crippen molar-refractivity contribution in [3.8, 4) is 5.75 Å². The van der Waals surface area contributed by atoms with Crippen molar-refractivity contribution in [2.75, 3.05) is 37.5 Å². The van der Waals surface area contributed by atoms with E-state index in [4.69, 9.17) is 33.0 Å². The fraction of sp³-hybridized carbons (Fsp3) is 0.194. The number of aromatic carboxylic acids is 1. The molecule has 4 aromatic rings. The number of carboxylic acids is 1. The van der Waals surface area contributed by atoms with Gasteiger partial charge in [0.1, 0.15) is 23.6 Å². The first kappa shape index (κ1) is 31.3. The summed E-state index contributed by atoms with van der Waals surface area (Å²) in [6.45, 7) is 1.66. The van der Waals surface area contributed by atoms with Crippen LogP contribution in [0.25, 0.3) is 17.0 Å². The van der Waals surface area contributed by atoms with Gasteiger partial charge in [-0.25, -0.2) is 14.8 Å². The molecule has 2 aromatic carbocycles. The maximum absolute atomic E-state index is 12.9. The van der Waals surface area contributed by atoms with Gasteiger partial charge in [0, 0.05) is 60.8 Å². The minimum absolute atomic E-state index is 0.0312. The van der Waals surface area contributed by atoms with Crippen LogP contribution in [0.4, 0.5) is 11.4 Å². The number of fused-ring (bicyclic) bond motifs is 1. The average molecular weight is 623 g/mol. The van der Waals surface area contributed by atoms with Crippen LogP contribution in [0.5, 0.6) is 5.75 Å². The fourth-order valence-corrected chi connectivity index (χ4v) is 4.83. The quantitative estimate of drug-likeness (QED) is 0.226. The highest BCUT2D eigenvalue weighted by atomic mass is 35.5. The number of likely N-dealkylation sites (N-methyl/N-ethyl adjacent to an activating group) is 1. The minimum atomic E-state index is -1.15. The Morgan fingerprint density at radius 1 is 1.05 bits per heavy atom. The first-order valence-electron chi connectivity index (χ1n) is 13.1. The number of carboxylic acid groups (broad SMARTS) is 1. The highest BCUT2D eigenvalue weighted by molar-refractivity contribution is 6.38. The summed E-state index contributed by atoms with van der Waals surface area (Å²) in [5.41, 5.74) is 3.88. The number of benzene rings is 2. The Hall–Kier alpha value is -4.67. The summed E-state index contributed by atoms with van der Waals surface area (Å²) in [5, 5.41) is 13.0. The summed E-state index contributed by atoms with van der Waals surface area (Å²) in [5.74, 6) is -1.52. The molecule has 2 aromatic heterocycles. The molecule has 2 N–H and O–H groups in total. The Bertz CT molecular complexity index is 1720. The zero-order valence-electron chi connectivity index (χ0n) is 23.9. The molecule has 0 aliphatic carbocycles. The number of para-hydroxylation sites is 1. The van der Waals surface area contributed by atoms with Crippen LogP contribution in [0.1, 0.15) is 27.3 Å². The number of nitrogens with one attached hydrogen (secondary N) is 1. The van der Waals surface area contributed by atoms with E-state index in [0.29, 0.717) is 33.1 Å². The molecule has 0 atom stereocenters. The van der Waals surface area contributed by atoms with Gasteiger partial charge in [-0.15, -0.1) is 0 Å². The largest absolute Gasteiger partial charge is 0.487 e. The standard InChI is InChI=1S/C31H29Cl2N5O5/c1-18-14-25(37(2)3)20-6-5-7-26(30(20)36-18)43-17-21-22(32)10-12-24(29(21)33)38(4)28(40)16-35-27(39)13-9-19-8-11-23(31(41)42)34-15-19/h5-15H,16-17H2,1-4H3,(H,35,39)(H,41,42). The van der Waals surface area contributed by atoms with Crippen LogP contribution in [0, 0.1) is 6.92 Å². The first-order valence-corrected chi connectivity index (χ1v) is 13.8. The molecule has 2 heterocycles. The van der Waals surface area contributed by atoms with E-state index < -0.39 is 17.8 Å². The molecular weight excluding hydrogens is 593 g/mol. The number of nitrogens with zero attached hydrogens (tertiary/aromatic N) is 4. The number of carbonyl (C=O) groups excluding carboxylic acids is 2. The second-order valence-electron chi connectivity index (χ2n) is 9.76. The predicted octanol–water partition coefficient (Wildman–Crippen LogP) is 5.38. The van der Waals surface area contributed by atoms with Crippen molar-refractivity contribution < 1.29 is 24.2 Å². The monoisotopic (exact) mass is 621 g/mol. The lowest BCUT2D eigenvalue weighted by atomic mass is 10.1. The number of aromatic nitrogens is 2. The molecule has 10 nitrogen and oxygen atoms in total. The molecule has 0 fully saturated rings. The molecule has 0 aliphatic rings. The number of carbonyl (C=O) groups is 3. The van der Waals surface area contributed by atoms with Crippen molar-refractivity contribution in [3.05, 3.63) is 93.4 Å². The Kier molecular flexibility index (Phi) is 9.84. The lowest BCUT2D eigenvalue weighted by molar-refractivity contribution is -0.122. The molecule has 0 radical (unpaired) electrons. The van der Waals surface area contributed by atoms with Gasteiger partial charge in [0.25, 0.3) is 0 Å². The smallest absolute Gasteiger partial charge is 0.354 e. The third-order valence-corrected chi connectivity index (χ3v) is 7.29. The predicted molar refractivity (Wildman–Crippen MR) is 168 cm³/mol. The van der Waals surface area contributed by atoms with Gasteiger partial charge in [-0.1, -0.05) is 41.4 Å². The molecule has 4 rings (SSSR count). The van der Waals surface area contributed by atoms with Gasteiger partial charge in [-0.05, 0) is 48.9 Å². The van der Waals surface area contributed by atoms with Crippen LogP contribution in [0.3, 0.4) is 0 Å². The summed E-state index contributed by atoms with van der Waals surface area (Å²) in [6, 6.07) is 13.8. The van der Waals surface area contributed by atoms with Crippen molar-refractivity contribution in [1.82, 2.24) is 15.3 Å². The molecular formula is C31H29Cl2N5O5. The Labute approximate surface area is 258 Å². The summed E-state index contributed by atoms with van der Waals surface area (Å²) >= 11 is 13.2. The number of hydrogen-bond donors (Lipinski definition) is 2. The van der Waals surface area contributed by atoms with Gasteiger partial charge in [0.05, 0.1) is 17.3 Å². The SMILES string of the molecule is Cc1cc(N(C)C)c2cccc(OCc3c(Cl)ccc(N(C)C(=O)CNC(=O)C=Cc4ccc(C(=O)O)nc4)c3Cl)c2n1. The van der Waals surface area contributed by atoms with E-state index in [1.807, 2.05) is 50.2 Å². The molecule has 0 spiro atoms. The van der Waals surface area contributed by atoms with Crippen LogP contribution in [-0.2, 0) is 16.2 Å². The highest BCUT2D eigenvalue weighted by Crippen LogP contribution is 2.36. The molecule has 0 aliphatic heterocycles. The number of hydrogen-bond acceptors (Lipinski definition) is 7. The number of pyridine rings is 2. The van der Waals surface area contributed by atoms with Crippen molar-refractivity contribution in [1.29, 1.82) is 0 Å². The minimum Gasteiger partial charge on any atom is -0.487 e. The third kappa shape index (κ3) is 7.40. The first-order chi connectivity index (χ1) is 20.5. The zero-order chi connectivity index (χ0) is 31.3. The molecule has 0 saturated carbocycles. The second kappa shape index (κ2) is 13.5. The van der Waals surface area contributed by atoms with Crippen molar-refractivity contribution in [3.63, 3.8) is 0 Å². The maximum atomic E-state index is 12.9.